The van der Waals surface area contributed by atoms with E-state index in [2.05, 4.69) is 12.2 Å². The van der Waals surface area contributed by atoms with Gasteiger partial charge in [-0.2, -0.15) is 6.08 Å². The van der Waals surface area contributed by atoms with Gasteiger partial charge >= 0.3 is 17.4 Å². The molecule has 0 spiro atoms. The summed E-state index contributed by atoms with van der Waals surface area (Å²) in [5.41, 5.74) is 0. The summed E-state index contributed by atoms with van der Waals surface area (Å²) in [5, 5.41) is 0. The third kappa shape index (κ3) is 35.9. The van der Waals surface area contributed by atoms with E-state index < -0.39 is 0 Å². The molecule has 0 heterocycles. The van der Waals surface area contributed by atoms with E-state index in [0.29, 0.717) is 0 Å². The summed E-state index contributed by atoms with van der Waals surface area (Å²) in [6, 6.07) is 0. The zero-order valence-corrected chi connectivity index (χ0v) is 7.97. The molecule has 12 heavy (non-hydrogen) atoms. The van der Waals surface area contributed by atoms with Gasteiger partial charge in [-0.05, 0) is 0 Å². The van der Waals surface area contributed by atoms with Gasteiger partial charge in [-0.25, -0.2) is 12.2 Å². The topological polar surface area (TPSA) is 51.2 Å². The van der Waals surface area contributed by atoms with E-state index in [-0.39, 0.29) is 20.2 Å². The van der Waals surface area contributed by atoms with Crippen molar-refractivity contribution in [2.45, 2.75) is 6.42 Å². The molecule has 69 valence electrons. The van der Waals surface area contributed by atoms with Crippen molar-refractivity contribution in [1.29, 1.82) is 0 Å². The zero-order valence-electron chi connectivity index (χ0n) is 8.69. The predicted molar refractivity (Wildman–Crippen MR) is 45.2 cm³/mol. The van der Waals surface area contributed by atoms with Gasteiger partial charge in [0.25, 0.3) is 0 Å². The van der Waals surface area contributed by atoms with Crippen LogP contribution in [0.1, 0.15) is 9.27 Å². The maximum atomic E-state index is 8.00. The molecule has 0 aromatic heterocycles. The minimum Gasteiger partial charge on any atom is -1.00 e. The Kier molecular flexibility index (Phi) is 94.3. The molecule has 3 nitrogen and oxygen atoms in total. The number of allylic oxidation sites excluding steroid dienone is 4. The molecule has 0 aliphatic heterocycles. The van der Waals surface area contributed by atoms with Crippen LogP contribution in [-0.2, 0) is 31.7 Å². The van der Waals surface area contributed by atoms with E-state index in [9.17, 15) is 0 Å². The standard InChI is InChI=1S/C5H5.3CH2O.Cr.2H/c1-2-4-5-3-1;3*1-2;;;/h1-3H,4H2;3*1H2;;;/q-1;;;;+3;2*-1. The van der Waals surface area contributed by atoms with Crippen molar-refractivity contribution < 1.29 is 34.6 Å². The van der Waals surface area contributed by atoms with Crippen molar-refractivity contribution in [3.63, 3.8) is 0 Å². The van der Waals surface area contributed by atoms with Crippen molar-refractivity contribution in [2.24, 2.45) is 0 Å². The van der Waals surface area contributed by atoms with Gasteiger partial charge in [0.1, 0.15) is 20.4 Å². The minimum atomic E-state index is 0. The van der Waals surface area contributed by atoms with Crippen molar-refractivity contribution in [3.8, 4) is 0 Å². The number of rotatable bonds is 0. The normalized spacial score (nSPS) is 8.33. The molecule has 0 aromatic carbocycles. The molecule has 0 amide bonds. The Labute approximate surface area is 86.3 Å². The average molecular weight is 209 g/mol. The van der Waals surface area contributed by atoms with Crippen LogP contribution in [0.4, 0.5) is 0 Å². The van der Waals surface area contributed by atoms with Crippen molar-refractivity contribution in [2.75, 3.05) is 0 Å². The molecule has 0 atom stereocenters. The molecule has 0 saturated carbocycles. The first-order valence-corrected chi connectivity index (χ1v) is 2.58. The van der Waals surface area contributed by atoms with E-state index in [1.165, 1.54) is 0 Å². The van der Waals surface area contributed by atoms with Crippen LogP contribution >= 0.6 is 0 Å². The summed E-state index contributed by atoms with van der Waals surface area (Å²) in [6.45, 7) is 6.00. The quantitative estimate of drug-likeness (QED) is 0.558. The molecule has 4 heteroatoms. The Bertz CT molecular complexity index is 106. The van der Waals surface area contributed by atoms with E-state index in [4.69, 9.17) is 14.4 Å². The first kappa shape index (κ1) is 22.5. The molecule has 0 fully saturated rings. The SMILES string of the molecule is C=O.C=O.C=O.[C-]1=CC=CC1.[Cr+3].[H-].[H-]. The maximum absolute atomic E-state index is 8.00. The number of hydrogen-bond acceptors (Lipinski definition) is 3. The summed E-state index contributed by atoms with van der Waals surface area (Å²) >= 11 is 0. The number of carbonyl (C=O) groups is 3. The molecular formula is C8H13CrO3. The molecule has 0 saturated heterocycles. The largest absolute Gasteiger partial charge is 3.00 e. The van der Waals surface area contributed by atoms with Gasteiger partial charge < -0.3 is 17.2 Å². The Morgan fingerprint density at radius 2 is 1.50 bits per heavy atom. The van der Waals surface area contributed by atoms with Gasteiger partial charge in [-0.3, -0.25) is 6.08 Å². The summed E-state index contributed by atoms with van der Waals surface area (Å²) in [6.07, 6.45) is 10.0. The Hall–Kier alpha value is -0.978. The fourth-order valence-electron chi connectivity index (χ4n) is 0.340. The molecule has 0 bridgehead atoms. The van der Waals surface area contributed by atoms with E-state index >= 15 is 0 Å². The molecule has 0 unspecified atom stereocenters. The van der Waals surface area contributed by atoms with Crippen LogP contribution in [0.2, 0.25) is 0 Å². The minimum absolute atomic E-state index is 0. The van der Waals surface area contributed by atoms with E-state index in [1.807, 2.05) is 32.5 Å². The van der Waals surface area contributed by atoms with Crippen LogP contribution in [0.3, 0.4) is 0 Å². The first-order chi connectivity index (χ1) is 5.50. The average Bonchev–Trinajstić information content (AvgIpc) is 2.71. The van der Waals surface area contributed by atoms with Crippen molar-refractivity contribution >= 4 is 20.4 Å². The third-order valence-electron chi connectivity index (χ3n) is 0.586. The van der Waals surface area contributed by atoms with Crippen LogP contribution in [0.5, 0.6) is 0 Å². The van der Waals surface area contributed by atoms with Gasteiger partial charge in [0.15, 0.2) is 0 Å². The van der Waals surface area contributed by atoms with Crippen LogP contribution in [0, 0.1) is 6.08 Å². The monoisotopic (exact) mass is 209 g/mol. The van der Waals surface area contributed by atoms with Gasteiger partial charge in [0.2, 0.25) is 0 Å². The van der Waals surface area contributed by atoms with Crippen LogP contribution in [0.25, 0.3) is 0 Å². The molecule has 1 aliphatic carbocycles. The molecule has 1 aliphatic rings. The Morgan fingerprint density at radius 3 is 1.58 bits per heavy atom. The number of carbonyl (C=O) groups excluding carboxylic acids is 3. The fourth-order valence-corrected chi connectivity index (χ4v) is 0.340. The van der Waals surface area contributed by atoms with E-state index in [0.717, 1.165) is 6.42 Å². The Morgan fingerprint density at radius 1 is 1.08 bits per heavy atom. The summed E-state index contributed by atoms with van der Waals surface area (Å²) in [7, 11) is 0. The molecule has 0 aromatic rings. The predicted octanol–water partition coefficient (Wildman–Crippen LogP) is 0.973. The summed E-state index contributed by atoms with van der Waals surface area (Å²) in [5.74, 6) is 0. The van der Waals surface area contributed by atoms with Gasteiger partial charge in [0, 0.05) is 0 Å². The second kappa shape index (κ2) is 50.4. The first-order valence-electron chi connectivity index (χ1n) is 2.58. The third-order valence-corrected chi connectivity index (χ3v) is 0.586. The molecule has 1 radical (unpaired) electrons. The smallest absolute Gasteiger partial charge is 1.00 e. The molecule has 1 rings (SSSR count). The van der Waals surface area contributed by atoms with Gasteiger partial charge in [0.05, 0.1) is 0 Å². The molecule has 0 N–H and O–H groups in total. The van der Waals surface area contributed by atoms with Crippen LogP contribution in [0.15, 0.2) is 18.2 Å². The van der Waals surface area contributed by atoms with Gasteiger partial charge in [-0.1, -0.05) is 0 Å². The van der Waals surface area contributed by atoms with Crippen LogP contribution < -0.4 is 0 Å². The van der Waals surface area contributed by atoms with Crippen LogP contribution in [-0.4, -0.2) is 20.4 Å². The van der Waals surface area contributed by atoms with Crippen molar-refractivity contribution in [3.05, 3.63) is 24.3 Å². The maximum Gasteiger partial charge on any atom is 3.00 e. The van der Waals surface area contributed by atoms with Gasteiger partial charge in [-0.15, -0.1) is 6.42 Å². The fraction of sp³-hybridized carbons (Fsp3) is 0.125. The second-order valence-electron chi connectivity index (χ2n) is 1.00. The summed E-state index contributed by atoms with van der Waals surface area (Å²) in [4.78, 5) is 24.0. The zero-order chi connectivity index (χ0) is 9.54. The summed E-state index contributed by atoms with van der Waals surface area (Å²) < 4.78 is 0. The second-order valence-corrected chi connectivity index (χ2v) is 1.00. The van der Waals surface area contributed by atoms with Crippen molar-refractivity contribution in [1.82, 2.24) is 0 Å². The van der Waals surface area contributed by atoms with E-state index in [1.54, 1.807) is 0 Å². The number of hydrogen-bond donors (Lipinski definition) is 0. The Balaban J connectivity index is -0.0000000161. The molecular weight excluding hydrogens is 196 g/mol.